The largest absolute Gasteiger partial charge is 0.481 e. The lowest BCUT2D eigenvalue weighted by Gasteiger charge is -2.57. The van der Waals surface area contributed by atoms with Gasteiger partial charge in [-0.25, -0.2) is 0 Å². The average Bonchev–Trinajstić information content (AvgIpc) is 2.03. The van der Waals surface area contributed by atoms with Crippen molar-refractivity contribution in [1.82, 2.24) is 0 Å². The van der Waals surface area contributed by atoms with E-state index in [1.165, 1.54) is 0 Å². The Morgan fingerprint density at radius 2 is 2.00 bits per heavy atom. The SMILES string of the molecule is O=C(O)C12CCCC(CO)(C1)C2. The summed E-state index contributed by atoms with van der Waals surface area (Å²) in [4.78, 5) is 10.9. The molecule has 3 fully saturated rings. The molecular weight excluding hydrogens is 156 g/mol. The second kappa shape index (κ2) is 2.22. The van der Waals surface area contributed by atoms with Crippen LogP contribution in [0.25, 0.3) is 0 Å². The van der Waals surface area contributed by atoms with Crippen LogP contribution in [0.15, 0.2) is 0 Å². The van der Waals surface area contributed by atoms with Crippen LogP contribution in [-0.4, -0.2) is 22.8 Å². The van der Waals surface area contributed by atoms with Crippen LogP contribution < -0.4 is 0 Å². The van der Waals surface area contributed by atoms with Crippen molar-refractivity contribution in [2.24, 2.45) is 10.8 Å². The molecule has 3 nitrogen and oxygen atoms in total. The van der Waals surface area contributed by atoms with Crippen molar-refractivity contribution in [3.8, 4) is 0 Å². The van der Waals surface area contributed by atoms with Crippen LogP contribution in [-0.2, 0) is 4.79 Å². The summed E-state index contributed by atoms with van der Waals surface area (Å²) in [5, 5.41) is 18.1. The summed E-state index contributed by atoms with van der Waals surface area (Å²) in [7, 11) is 0. The fraction of sp³-hybridized carbons (Fsp3) is 0.889. The molecule has 0 aromatic carbocycles. The van der Waals surface area contributed by atoms with Crippen molar-refractivity contribution >= 4 is 5.97 Å². The Labute approximate surface area is 71.4 Å². The van der Waals surface area contributed by atoms with E-state index in [2.05, 4.69) is 0 Å². The third-order valence-electron chi connectivity index (χ3n) is 3.58. The lowest BCUT2D eigenvalue weighted by atomic mass is 9.46. The summed E-state index contributed by atoms with van der Waals surface area (Å²) in [6, 6.07) is 0. The maximum absolute atomic E-state index is 10.9. The predicted octanol–water partition coefficient (Wildman–Crippen LogP) is 1.01. The molecule has 0 amide bonds. The number of aliphatic hydroxyl groups excluding tert-OH is 1. The Morgan fingerprint density at radius 1 is 1.33 bits per heavy atom. The average molecular weight is 170 g/mol. The van der Waals surface area contributed by atoms with Gasteiger partial charge in [0.05, 0.1) is 5.41 Å². The van der Waals surface area contributed by atoms with Crippen LogP contribution in [0.3, 0.4) is 0 Å². The van der Waals surface area contributed by atoms with Crippen molar-refractivity contribution in [2.45, 2.75) is 32.1 Å². The van der Waals surface area contributed by atoms with Crippen LogP contribution in [0.1, 0.15) is 32.1 Å². The molecule has 0 saturated heterocycles. The molecule has 0 atom stereocenters. The first-order valence-electron chi connectivity index (χ1n) is 4.47. The number of hydrogen-bond donors (Lipinski definition) is 2. The van der Waals surface area contributed by atoms with E-state index < -0.39 is 11.4 Å². The van der Waals surface area contributed by atoms with Gasteiger partial charge in [-0.1, -0.05) is 6.42 Å². The molecule has 68 valence electrons. The number of aliphatic carboxylic acids is 1. The van der Waals surface area contributed by atoms with Crippen LogP contribution in [0.4, 0.5) is 0 Å². The van der Waals surface area contributed by atoms with Crippen LogP contribution in [0.5, 0.6) is 0 Å². The number of fused-ring (bicyclic) bond motifs is 2. The molecule has 0 aromatic rings. The Morgan fingerprint density at radius 3 is 2.50 bits per heavy atom. The minimum absolute atomic E-state index is 0.0172. The quantitative estimate of drug-likeness (QED) is 0.650. The van der Waals surface area contributed by atoms with Gasteiger partial charge in [0.15, 0.2) is 0 Å². The summed E-state index contributed by atoms with van der Waals surface area (Å²) in [5.41, 5.74) is -0.475. The first-order chi connectivity index (χ1) is 5.63. The fourth-order valence-electron chi connectivity index (χ4n) is 2.99. The minimum atomic E-state index is -0.661. The molecule has 0 radical (unpaired) electrons. The Balaban J connectivity index is 2.13. The maximum atomic E-state index is 10.9. The molecule has 3 aliphatic carbocycles. The van der Waals surface area contributed by atoms with E-state index in [0.29, 0.717) is 12.8 Å². The van der Waals surface area contributed by atoms with Gasteiger partial charge in [0.2, 0.25) is 0 Å². The molecule has 3 aliphatic rings. The van der Waals surface area contributed by atoms with Gasteiger partial charge in [0.1, 0.15) is 0 Å². The predicted molar refractivity (Wildman–Crippen MR) is 42.7 cm³/mol. The molecule has 2 bridgehead atoms. The number of carboxylic acid groups (broad SMARTS) is 1. The summed E-state index contributed by atoms with van der Waals surface area (Å²) < 4.78 is 0. The molecule has 3 heteroatoms. The van der Waals surface area contributed by atoms with E-state index in [1.807, 2.05) is 0 Å². The number of carboxylic acids is 1. The van der Waals surface area contributed by atoms with Gasteiger partial charge in [0.25, 0.3) is 0 Å². The van der Waals surface area contributed by atoms with Crippen LogP contribution >= 0.6 is 0 Å². The lowest BCUT2D eigenvalue weighted by Crippen LogP contribution is -2.56. The third kappa shape index (κ3) is 0.829. The molecule has 12 heavy (non-hydrogen) atoms. The molecule has 2 N–H and O–H groups in total. The van der Waals surface area contributed by atoms with E-state index in [1.54, 1.807) is 0 Å². The maximum Gasteiger partial charge on any atom is 0.309 e. The number of aliphatic hydroxyl groups is 1. The molecular formula is C9H14O3. The smallest absolute Gasteiger partial charge is 0.309 e. The summed E-state index contributed by atoms with van der Waals surface area (Å²) in [5.74, 6) is -0.661. The zero-order chi connectivity index (χ0) is 8.82. The summed E-state index contributed by atoms with van der Waals surface area (Å²) in [6.45, 7) is 0.169. The fourth-order valence-corrected chi connectivity index (χ4v) is 2.99. The van der Waals surface area contributed by atoms with E-state index in [4.69, 9.17) is 10.2 Å². The van der Waals surface area contributed by atoms with Crippen molar-refractivity contribution in [2.75, 3.05) is 6.61 Å². The van der Waals surface area contributed by atoms with E-state index in [-0.39, 0.29) is 12.0 Å². The van der Waals surface area contributed by atoms with Gasteiger partial charge in [0, 0.05) is 6.61 Å². The van der Waals surface area contributed by atoms with E-state index in [9.17, 15) is 4.79 Å². The van der Waals surface area contributed by atoms with Crippen LogP contribution in [0.2, 0.25) is 0 Å². The molecule has 0 aliphatic heterocycles. The monoisotopic (exact) mass is 170 g/mol. The second-order valence-corrected chi connectivity index (χ2v) is 4.45. The van der Waals surface area contributed by atoms with Gasteiger partial charge in [-0.15, -0.1) is 0 Å². The highest BCUT2D eigenvalue weighted by atomic mass is 16.4. The van der Waals surface area contributed by atoms with Crippen molar-refractivity contribution in [3.63, 3.8) is 0 Å². The topological polar surface area (TPSA) is 57.5 Å². The minimum Gasteiger partial charge on any atom is -0.481 e. The van der Waals surface area contributed by atoms with Gasteiger partial charge in [-0.05, 0) is 31.1 Å². The Bertz CT molecular complexity index is 216. The Hall–Kier alpha value is -0.570. The molecule has 0 aromatic heterocycles. The first-order valence-corrected chi connectivity index (χ1v) is 4.47. The Kier molecular flexibility index (Phi) is 1.49. The van der Waals surface area contributed by atoms with Gasteiger partial charge >= 0.3 is 5.97 Å². The van der Waals surface area contributed by atoms with Crippen LogP contribution in [0, 0.1) is 10.8 Å². The normalized spacial score (nSPS) is 45.1. The van der Waals surface area contributed by atoms with Gasteiger partial charge in [-0.2, -0.15) is 0 Å². The standard InChI is InChI=1S/C9H14O3/c10-6-8-2-1-3-9(4-8,5-8)7(11)12/h10H,1-6H2,(H,11,12). The number of carbonyl (C=O) groups is 1. The summed E-state index contributed by atoms with van der Waals surface area (Å²) in [6.07, 6.45) is 4.19. The lowest BCUT2D eigenvalue weighted by molar-refractivity contribution is -0.181. The van der Waals surface area contributed by atoms with Crippen molar-refractivity contribution in [1.29, 1.82) is 0 Å². The van der Waals surface area contributed by atoms with E-state index >= 15 is 0 Å². The third-order valence-corrected chi connectivity index (χ3v) is 3.58. The zero-order valence-electron chi connectivity index (χ0n) is 7.05. The first kappa shape index (κ1) is 8.05. The molecule has 0 unspecified atom stereocenters. The second-order valence-electron chi connectivity index (χ2n) is 4.45. The molecule has 3 saturated carbocycles. The highest BCUT2D eigenvalue weighted by Gasteiger charge is 2.60. The zero-order valence-corrected chi connectivity index (χ0v) is 7.05. The van der Waals surface area contributed by atoms with Gasteiger partial charge in [-0.3, -0.25) is 4.79 Å². The van der Waals surface area contributed by atoms with Crippen molar-refractivity contribution < 1.29 is 15.0 Å². The number of hydrogen-bond acceptors (Lipinski definition) is 2. The van der Waals surface area contributed by atoms with Gasteiger partial charge < -0.3 is 10.2 Å². The summed E-state index contributed by atoms with van der Waals surface area (Å²) >= 11 is 0. The van der Waals surface area contributed by atoms with E-state index in [0.717, 1.165) is 19.3 Å². The molecule has 0 heterocycles. The molecule has 0 spiro atoms. The highest BCUT2D eigenvalue weighted by Crippen LogP contribution is 2.63. The molecule has 3 rings (SSSR count). The van der Waals surface area contributed by atoms with Crippen molar-refractivity contribution in [3.05, 3.63) is 0 Å². The number of rotatable bonds is 2. The highest BCUT2D eigenvalue weighted by molar-refractivity contribution is 5.76.